The third kappa shape index (κ3) is 3.99. The molecule has 2 N–H and O–H groups in total. The predicted molar refractivity (Wildman–Crippen MR) is 65.3 cm³/mol. The van der Waals surface area contributed by atoms with Crippen molar-refractivity contribution in [3.05, 3.63) is 24.0 Å². The Morgan fingerprint density at radius 1 is 1.44 bits per heavy atom. The minimum atomic E-state index is 0.530. The predicted octanol–water partition coefficient (Wildman–Crippen LogP) is 2.45. The standard InChI is InChI=1S/C13H22N2O/c1-2-9-16-13(4-1)5-3-7-14-10-12-6-8-15-11-12/h6,8,11,13-15H,1-5,7,9-10H2. The maximum absolute atomic E-state index is 5.70. The van der Waals surface area contributed by atoms with Gasteiger partial charge in [-0.05, 0) is 50.3 Å². The van der Waals surface area contributed by atoms with E-state index < -0.39 is 0 Å². The Morgan fingerprint density at radius 3 is 3.19 bits per heavy atom. The molecule has 1 fully saturated rings. The smallest absolute Gasteiger partial charge is 0.0575 e. The number of rotatable bonds is 6. The van der Waals surface area contributed by atoms with Crippen LogP contribution < -0.4 is 5.32 Å². The summed E-state index contributed by atoms with van der Waals surface area (Å²) in [5, 5.41) is 3.45. The van der Waals surface area contributed by atoms with Crippen LogP contribution in [-0.2, 0) is 11.3 Å². The van der Waals surface area contributed by atoms with Gasteiger partial charge in [-0.2, -0.15) is 0 Å². The number of aromatic amines is 1. The van der Waals surface area contributed by atoms with Gasteiger partial charge in [0.2, 0.25) is 0 Å². The summed E-state index contributed by atoms with van der Waals surface area (Å²) in [4.78, 5) is 3.06. The summed E-state index contributed by atoms with van der Waals surface area (Å²) in [5.74, 6) is 0. The third-order valence-corrected chi connectivity index (χ3v) is 3.15. The van der Waals surface area contributed by atoms with E-state index in [0.717, 1.165) is 19.7 Å². The SMILES string of the molecule is c1cc(CNCCCC2CCCCO2)c[nH]1. The van der Waals surface area contributed by atoms with Crippen LogP contribution in [0.15, 0.2) is 18.5 Å². The second kappa shape index (κ2) is 6.71. The minimum absolute atomic E-state index is 0.530. The highest BCUT2D eigenvalue weighted by molar-refractivity contribution is 5.07. The average Bonchev–Trinajstić information content (AvgIpc) is 2.83. The van der Waals surface area contributed by atoms with Gasteiger partial charge in [-0.1, -0.05) is 0 Å². The second-order valence-corrected chi connectivity index (χ2v) is 4.53. The Morgan fingerprint density at radius 2 is 2.44 bits per heavy atom. The van der Waals surface area contributed by atoms with Crippen molar-refractivity contribution in [2.24, 2.45) is 0 Å². The summed E-state index contributed by atoms with van der Waals surface area (Å²) in [6.07, 6.45) is 10.8. The molecule has 3 nitrogen and oxygen atoms in total. The van der Waals surface area contributed by atoms with Crippen molar-refractivity contribution in [3.63, 3.8) is 0 Å². The number of hydrogen-bond acceptors (Lipinski definition) is 2. The molecule has 0 bridgehead atoms. The van der Waals surface area contributed by atoms with Crippen molar-refractivity contribution in [1.29, 1.82) is 0 Å². The van der Waals surface area contributed by atoms with Gasteiger partial charge in [0.25, 0.3) is 0 Å². The first-order valence-electron chi connectivity index (χ1n) is 6.39. The highest BCUT2D eigenvalue weighted by atomic mass is 16.5. The van der Waals surface area contributed by atoms with Crippen molar-refractivity contribution in [3.8, 4) is 0 Å². The Labute approximate surface area is 97.6 Å². The Bertz CT molecular complexity index is 265. The Hall–Kier alpha value is -0.800. The summed E-state index contributed by atoms with van der Waals surface area (Å²) in [5.41, 5.74) is 1.33. The normalized spacial score (nSPS) is 21.1. The molecule has 0 amide bonds. The molecule has 2 heterocycles. The number of aromatic nitrogens is 1. The van der Waals surface area contributed by atoms with Crippen molar-refractivity contribution in [1.82, 2.24) is 10.3 Å². The van der Waals surface area contributed by atoms with Gasteiger partial charge in [-0.25, -0.2) is 0 Å². The van der Waals surface area contributed by atoms with Gasteiger partial charge in [-0.3, -0.25) is 0 Å². The third-order valence-electron chi connectivity index (χ3n) is 3.15. The summed E-state index contributed by atoms with van der Waals surface area (Å²) in [6, 6.07) is 2.11. The van der Waals surface area contributed by atoms with Crippen LogP contribution in [0.4, 0.5) is 0 Å². The van der Waals surface area contributed by atoms with Gasteiger partial charge >= 0.3 is 0 Å². The number of H-pyrrole nitrogens is 1. The van der Waals surface area contributed by atoms with E-state index in [1.54, 1.807) is 0 Å². The molecule has 0 aromatic carbocycles. The van der Waals surface area contributed by atoms with Crippen LogP contribution >= 0.6 is 0 Å². The van der Waals surface area contributed by atoms with Gasteiger partial charge in [-0.15, -0.1) is 0 Å². The quantitative estimate of drug-likeness (QED) is 0.725. The Kier molecular flexibility index (Phi) is 4.90. The number of hydrogen-bond donors (Lipinski definition) is 2. The van der Waals surface area contributed by atoms with Crippen molar-refractivity contribution in [2.75, 3.05) is 13.2 Å². The highest BCUT2D eigenvalue weighted by Crippen LogP contribution is 2.16. The maximum Gasteiger partial charge on any atom is 0.0575 e. The molecule has 2 rings (SSSR count). The maximum atomic E-state index is 5.70. The fourth-order valence-electron chi connectivity index (χ4n) is 2.19. The lowest BCUT2D eigenvalue weighted by atomic mass is 10.0. The van der Waals surface area contributed by atoms with Crippen LogP contribution in [-0.4, -0.2) is 24.2 Å². The topological polar surface area (TPSA) is 37.0 Å². The van der Waals surface area contributed by atoms with Crippen LogP contribution in [0.5, 0.6) is 0 Å². The number of nitrogens with one attached hydrogen (secondary N) is 2. The van der Waals surface area contributed by atoms with Crippen LogP contribution in [0.1, 0.15) is 37.7 Å². The zero-order chi connectivity index (χ0) is 11.1. The van der Waals surface area contributed by atoms with E-state index in [1.807, 2.05) is 12.4 Å². The lowest BCUT2D eigenvalue weighted by Crippen LogP contribution is -2.21. The van der Waals surface area contributed by atoms with E-state index in [4.69, 9.17) is 4.74 Å². The van der Waals surface area contributed by atoms with E-state index in [9.17, 15) is 0 Å². The molecule has 90 valence electrons. The molecule has 1 aliphatic heterocycles. The van der Waals surface area contributed by atoms with Crippen LogP contribution in [0.25, 0.3) is 0 Å². The molecule has 0 radical (unpaired) electrons. The van der Waals surface area contributed by atoms with E-state index in [-0.39, 0.29) is 0 Å². The first-order valence-corrected chi connectivity index (χ1v) is 6.39. The highest BCUT2D eigenvalue weighted by Gasteiger charge is 2.12. The fraction of sp³-hybridized carbons (Fsp3) is 0.692. The molecule has 1 aromatic rings. The zero-order valence-corrected chi connectivity index (χ0v) is 9.87. The summed E-state index contributed by atoms with van der Waals surface area (Å²) >= 11 is 0. The van der Waals surface area contributed by atoms with Crippen molar-refractivity contribution in [2.45, 2.75) is 44.8 Å². The molecule has 16 heavy (non-hydrogen) atoms. The summed E-state index contributed by atoms with van der Waals surface area (Å²) < 4.78 is 5.70. The van der Waals surface area contributed by atoms with Gasteiger partial charge in [0.15, 0.2) is 0 Å². The van der Waals surface area contributed by atoms with Crippen LogP contribution in [0.2, 0.25) is 0 Å². The lowest BCUT2D eigenvalue weighted by molar-refractivity contribution is 0.0102. The monoisotopic (exact) mass is 222 g/mol. The summed E-state index contributed by atoms with van der Waals surface area (Å²) in [7, 11) is 0. The molecule has 0 saturated carbocycles. The molecule has 0 aliphatic carbocycles. The molecular formula is C13H22N2O. The van der Waals surface area contributed by atoms with E-state index >= 15 is 0 Å². The molecule has 1 aromatic heterocycles. The average molecular weight is 222 g/mol. The first kappa shape index (κ1) is 11.7. The van der Waals surface area contributed by atoms with Gasteiger partial charge in [0, 0.05) is 25.5 Å². The molecule has 1 atom stereocenters. The largest absolute Gasteiger partial charge is 0.378 e. The molecule has 3 heteroatoms. The number of ether oxygens (including phenoxy) is 1. The summed E-state index contributed by atoms with van der Waals surface area (Å²) in [6.45, 7) is 3.03. The molecule has 1 saturated heterocycles. The molecule has 1 unspecified atom stereocenters. The van der Waals surface area contributed by atoms with Crippen LogP contribution in [0, 0.1) is 0 Å². The van der Waals surface area contributed by atoms with Gasteiger partial charge < -0.3 is 15.0 Å². The minimum Gasteiger partial charge on any atom is -0.378 e. The Balaban J connectivity index is 1.48. The lowest BCUT2D eigenvalue weighted by Gasteiger charge is -2.22. The van der Waals surface area contributed by atoms with E-state index in [0.29, 0.717) is 6.10 Å². The van der Waals surface area contributed by atoms with Crippen molar-refractivity contribution < 1.29 is 4.74 Å². The molecular weight excluding hydrogens is 200 g/mol. The van der Waals surface area contributed by atoms with Gasteiger partial charge in [0.1, 0.15) is 0 Å². The van der Waals surface area contributed by atoms with Crippen LogP contribution in [0.3, 0.4) is 0 Å². The zero-order valence-electron chi connectivity index (χ0n) is 9.87. The van der Waals surface area contributed by atoms with Gasteiger partial charge in [0.05, 0.1) is 6.10 Å². The second-order valence-electron chi connectivity index (χ2n) is 4.53. The first-order chi connectivity index (χ1) is 7.95. The molecule has 1 aliphatic rings. The fourth-order valence-corrected chi connectivity index (χ4v) is 2.19. The van der Waals surface area contributed by atoms with E-state index in [2.05, 4.69) is 16.4 Å². The van der Waals surface area contributed by atoms with E-state index in [1.165, 1.54) is 37.7 Å². The van der Waals surface area contributed by atoms with Crippen molar-refractivity contribution >= 4 is 0 Å². The molecule has 0 spiro atoms.